The fourth-order valence-corrected chi connectivity index (χ4v) is 2.41. The number of likely N-dealkylation sites (N-methyl/N-ethyl adjacent to an activating group) is 1. The molecule has 0 bridgehead atoms. The number of ether oxygens (including phenoxy) is 1. The molecule has 0 aromatic rings. The van der Waals surface area contributed by atoms with E-state index < -0.39 is 5.60 Å². The Morgan fingerprint density at radius 1 is 1.50 bits per heavy atom. The molecule has 1 atom stereocenters. The Morgan fingerprint density at radius 2 is 2.11 bits per heavy atom. The number of rotatable bonds is 7. The summed E-state index contributed by atoms with van der Waals surface area (Å²) in [6, 6.07) is 0. The monoisotopic (exact) mass is 258 g/mol. The Labute approximate surface area is 109 Å². The smallest absolute Gasteiger partial charge is 0.223 e. The van der Waals surface area contributed by atoms with E-state index >= 15 is 0 Å². The standard InChI is InChI=1S/C13H26N2O3/c1-12(17,10-15(2)3)9-14-11(16)8-13(18-4)6-5-7-13/h17H,5-10H2,1-4H3,(H,14,16). The van der Waals surface area contributed by atoms with Crippen LogP contribution in [0.25, 0.3) is 0 Å². The predicted molar refractivity (Wildman–Crippen MR) is 70.4 cm³/mol. The highest BCUT2D eigenvalue weighted by Gasteiger charge is 2.39. The van der Waals surface area contributed by atoms with E-state index in [1.54, 1.807) is 14.0 Å². The zero-order valence-corrected chi connectivity index (χ0v) is 12.0. The number of nitrogens with zero attached hydrogens (tertiary/aromatic N) is 1. The third kappa shape index (κ3) is 4.55. The quantitative estimate of drug-likeness (QED) is 0.693. The molecule has 5 heteroatoms. The van der Waals surface area contributed by atoms with E-state index in [-0.39, 0.29) is 18.1 Å². The van der Waals surface area contributed by atoms with Crippen LogP contribution in [0, 0.1) is 0 Å². The fraction of sp³-hybridized carbons (Fsp3) is 0.923. The maximum atomic E-state index is 11.8. The molecule has 1 aliphatic carbocycles. The second-order valence-electron chi connectivity index (χ2n) is 5.93. The van der Waals surface area contributed by atoms with Gasteiger partial charge < -0.3 is 20.1 Å². The fourth-order valence-electron chi connectivity index (χ4n) is 2.41. The minimum Gasteiger partial charge on any atom is -0.387 e. The Kier molecular flexibility index (Phi) is 5.13. The first-order valence-electron chi connectivity index (χ1n) is 6.48. The molecule has 106 valence electrons. The highest BCUT2D eigenvalue weighted by atomic mass is 16.5. The lowest BCUT2D eigenvalue weighted by atomic mass is 9.77. The molecule has 5 nitrogen and oxygen atoms in total. The van der Waals surface area contributed by atoms with Gasteiger partial charge >= 0.3 is 0 Å². The normalized spacial score (nSPS) is 21.2. The van der Waals surface area contributed by atoms with Crippen LogP contribution < -0.4 is 5.32 Å². The van der Waals surface area contributed by atoms with Gasteiger partial charge in [0.25, 0.3) is 0 Å². The van der Waals surface area contributed by atoms with Gasteiger partial charge in [0.15, 0.2) is 0 Å². The van der Waals surface area contributed by atoms with Crippen molar-refractivity contribution in [2.24, 2.45) is 0 Å². The van der Waals surface area contributed by atoms with Gasteiger partial charge in [-0.25, -0.2) is 0 Å². The van der Waals surface area contributed by atoms with Gasteiger partial charge in [0.05, 0.1) is 17.6 Å². The molecule has 0 aliphatic heterocycles. The van der Waals surface area contributed by atoms with Gasteiger partial charge in [-0.1, -0.05) is 0 Å². The molecule has 1 fully saturated rings. The molecule has 0 aromatic heterocycles. The van der Waals surface area contributed by atoms with Crippen molar-refractivity contribution >= 4 is 5.91 Å². The second-order valence-corrected chi connectivity index (χ2v) is 5.93. The number of hydrogen-bond donors (Lipinski definition) is 2. The van der Waals surface area contributed by atoms with E-state index in [0.29, 0.717) is 13.0 Å². The van der Waals surface area contributed by atoms with Crippen LogP contribution in [-0.2, 0) is 9.53 Å². The van der Waals surface area contributed by atoms with Crippen LogP contribution in [0.4, 0.5) is 0 Å². The third-order valence-corrected chi connectivity index (χ3v) is 3.50. The van der Waals surface area contributed by atoms with Crippen molar-refractivity contribution < 1.29 is 14.6 Å². The van der Waals surface area contributed by atoms with Crippen molar-refractivity contribution in [3.8, 4) is 0 Å². The summed E-state index contributed by atoms with van der Waals surface area (Å²) in [4.78, 5) is 13.7. The topological polar surface area (TPSA) is 61.8 Å². The first-order chi connectivity index (χ1) is 8.29. The van der Waals surface area contributed by atoms with Crippen molar-refractivity contribution in [1.82, 2.24) is 10.2 Å². The summed E-state index contributed by atoms with van der Waals surface area (Å²) in [6.45, 7) is 2.51. The van der Waals surface area contributed by atoms with Crippen molar-refractivity contribution in [1.29, 1.82) is 0 Å². The average molecular weight is 258 g/mol. The highest BCUT2D eigenvalue weighted by molar-refractivity contribution is 5.77. The van der Waals surface area contributed by atoms with Crippen molar-refractivity contribution in [3.05, 3.63) is 0 Å². The molecule has 0 aromatic carbocycles. The lowest BCUT2D eigenvalue weighted by Crippen LogP contribution is -2.49. The Balaban J connectivity index is 2.32. The van der Waals surface area contributed by atoms with E-state index in [1.165, 1.54) is 0 Å². The van der Waals surface area contributed by atoms with Crippen LogP contribution in [-0.4, -0.2) is 61.4 Å². The molecule has 0 spiro atoms. The summed E-state index contributed by atoms with van der Waals surface area (Å²) in [5.41, 5.74) is -1.16. The molecule has 1 amide bonds. The van der Waals surface area contributed by atoms with Crippen molar-refractivity contribution in [2.45, 2.75) is 43.8 Å². The largest absolute Gasteiger partial charge is 0.387 e. The van der Waals surface area contributed by atoms with E-state index in [4.69, 9.17) is 4.74 Å². The molecule has 2 N–H and O–H groups in total. The van der Waals surface area contributed by atoms with Crippen molar-refractivity contribution in [3.63, 3.8) is 0 Å². The second kappa shape index (κ2) is 5.99. The molecular formula is C13H26N2O3. The lowest BCUT2D eigenvalue weighted by molar-refractivity contribution is -0.135. The van der Waals surface area contributed by atoms with Crippen LogP contribution in [0.3, 0.4) is 0 Å². The number of carbonyl (C=O) groups is 1. The maximum Gasteiger partial charge on any atom is 0.223 e. The summed E-state index contributed by atoms with van der Waals surface area (Å²) in [7, 11) is 5.45. The van der Waals surface area contributed by atoms with E-state index in [0.717, 1.165) is 19.3 Å². The molecule has 0 radical (unpaired) electrons. The minimum absolute atomic E-state index is 0.0458. The first-order valence-corrected chi connectivity index (χ1v) is 6.48. The van der Waals surface area contributed by atoms with Gasteiger partial charge in [0.1, 0.15) is 0 Å². The summed E-state index contributed by atoms with van der Waals surface area (Å²) in [5.74, 6) is -0.0458. The number of hydrogen-bond acceptors (Lipinski definition) is 4. The van der Waals surface area contributed by atoms with Gasteiger partial charge in [-0.15, -0.1) is 0 Å². The summed E-state index contributed by atoms with van der Waals surface area (Å²) in [5, 5.41) is 12.9. The Hall–Kier alpha value is -0.650. The van der Waals surface area contributed by atoms with Crippen LogP contribution in [0.1, 0.15) is 32.6 Å². The average Bonchev–Trinajstić information content (AvgIpc) is 2.19. The molecule has 1 unspecified atom stereocenters. The lowest BCUT2D eigenvalue weighted by Gasteiger charge is -2.40. The van der Waals surface area contributed by atoms with Gasteiger partial charge in [0.2, 0.25) is 5.91 Å². The summed E-state index contributed by atoms with van der Waals surface area (Å²) < 4.78 is 5.41. The number of methoxy groups -OCH3 is 1. The zero-order chi connectivity index (χ0) is 13.8. The van der Waals surface area contributed by atoms with E-state index in [1.807, 2.05) is 19.0 Å². The predicted octanol–water partition coefficient (Wildman–Crippen LogP) is 0.374. The van der Waals surface area contributed by atoms with Crippen LogP contribution >= 0.6 is 0 Å². The Morgan fingerprint density at radius 3 is 2.50 bits per heavy atom. The zero-order valence-electron chi connectivity index (χ0n) is 12.0. The van der Waals surface area contributed by atoms with Crippen LogP contribution in [0.2, 0.25) is 0 Å². The molecular weight excluding hydrogens is 232 g/mol. The van der Waals surface area contributed by atoms with Gasteiger partial charge in [-0.3, -0.25) is 4.79 Å². The summed E-state index contributed by atoms with van der Waals surface area (Å²) in [6.07, 6.45) is 3.41. The molecule has 1 aliphatic rings. The van der Waals surface area contributed by atoms with Gasteiger partial charge in [-0.2, -0.15) is 0 Å². The van der Waals surface area contributed by atoms with Gasteiger partial charge in [-0.05, 0) is 40.3 Å². The third-order valence-electron chi connectivity index (χ3n) is 3.50. The van der Waals surface area contributed by atoms with E-state index in [9.17, 15) is 9.90 Å². The number of nitrogens with one attached hydrogen (secondary N) is 1. The summed E-state index contributed by atoms with van der Waals surface area (Å²) >= 11 is 0. The molecule has 18 heavy (non-hydrogen) atoms. The highest BCUT2D eigenvalue weighted by Crippen LogP contribution is 2.37. The molecule has 1 rings (SSSR count). The minimum atomic E-state index is -0.904. The van der Waals surface area contributed by atoms with Crippen LogP contribution in [0.5, 0.6) is 0 Å². The van der Waals surface area contributed by atoms with Crippen molar-refractivity contribution in [2.75, 3.05) is 34.3 Å². The first kappa shape index (κ1) is 15.4. The van der Waals surface area contributed by atoms with E-state index in [2.05, 4.69) is 5.32 Å². The van der Waals surface area contributed by atoms with Crippen LogP contribution in [0.15, 0.2) is 0 Å². The molecule has 1 saturated carbocycles. The maximum absolute atomic E-state index is 11.8. The SMILES string of the molecule is COC1(CC(=O)NCC(C)(O)CN(C)C)CCC1. The Bertz CT molecular complexity index is 280. The number of aliphatic hydroxyl groups is 1. The number of amides is 1. The molecule has 0 saturated heterocycles. The molecule has 0 heterocycles. The van der Waals surface area contributed by atoms with Gasteiger partial charge in [0, 0.05) is 20.2 Å². The number of carbonyl (C=O) groups excluding carboxylic acids is 1.